The molecule has 1 N–H and O–H groups in total. The largest absolute Gasteiger partial charge is 0.344 e. The molecule has 0 atom stereocenters. The van der Waals surface area contributed by atoms with Crippen LogP contribution in [-0.4, -0.2) is 6.41 Å². The average Bonchev–Trinajstić information content (AvgIpc) is 2.15. The fourth-order valence-electron chi connectivity index (χ4n) is 0.915. The Morgan fingerprint density at radius 1 is 1.42 bits per heavy atom. The van der Waals surface area contributed by atoms with Crippen LogP contribution in [0.1, 0.15) is 11.1 Å². The van der Waals surface area contributed by atoms with Gasteiger partial charge in [-0.1, -0.05) is 18.2 Å². The van der Waals surface area contributed by atoms with Crippen LogP contribution in [0.25, 0.3) is 0 Å². The molecular formula is C9H7N2O. The highest BCUT2D eigenvalue weighted by atomic mass is 16.1. The fourth-order valence-corrected chi connectivity index (χ4v) is 0.915. The van der Waals surface area contributed by atoms with Crippen LogP contribution >= 0.6 is 0 Å². The Labute approximate surface area is 70.6 Å². The first-order valence-corrected chi connectivity index (χ1v) is 3.46. The van der Waals surface area contributed by atoms with Crippen LogP contribution in [0.5, 0.6) is 0 Å². The molecule has 1 amide bonds. The first-order chi connectivity index (χ1) is 5.88. The highest BCUT2D eigenvalue weighted by Crippen LogP contribution is 2.05. The van der Waals surface area contributed by atoms with E-state index in [1.807, 2.05) is 12.1 Å². The van der Waals surface area contributed by atoms with Gasteiger partial charge in [-0.2, -0.15) is 5.26 Å². The summed E-state index contributed by atoms with van der Waals surface area (Å²) < 4.78 is 0. The molecule has 0 spiro atoms. The predicted molar refractivity (Wildman–Crippen MR) is 43.7 cm³/mol. The van der Waals surface area contributed by atoms with Crippen molar-refractivity contribution in [3.05, 3.63) is 35.4 Å². The smallest absolute Gasteiger partial charge is 0.309 e. The highest BCUT2D eigenvalue weighted by Gasteiger charge is 1.98. The van der Waals surface area contributed by atoms with Crippen molar-refractivity contribution >= 4 is 6.41 Å². The molecule has 0 heterocycles. The van der Waals surface area contributed by atoms with Crippen LogP contribution in [0.4, 0.5) is 0 Å². The third kappa shape index (κ3) is 1.83. The molecule has 3 heteroatoms. The maximum absolute atomic E-state index is 9.86. The Hall–Kier alpha value is -1.82. The Kier molecular flexibility index (Phi) is 2.86. The molecule has 0 fully saturated rings. The summed E-state index contributed by atoms with van der Waals surface area (Å²) in [7, 11) is 0. The van der Waals surface area contributed by atoms with Crippen LogP contribution < -0.4 is 5.32 Å². The number of benzene rings is 1. The molecule has 0 aliphatic heterocycles. The Morgan fingerprint density at radius 2 is 2.17 bits per heavy atom. The van der Waals surface area contributed by atoms with E-state index in [0.29, 0.717) is 12.1 Å². The van der Waals surface area contributed by atoms with Crippen molar-refractivity contribution in [3.63, 3.8) is 0 Å². The van der Waals surface area contributed by atoms with Gasteiger partial charge in [0, 0.05) is 6.54 Å². The van der Waals surface area contributed by atoms with Gasteiger partial charge in [-0.3, -0.25) is 4.79 Å². The highest BCUT2D eigenvalue weighted by molar-refractivity contribution is 5.48. The number of hydrogen-bond acceptors (Lipinski definition) is 2. The van der Waals surface area contributed by atoms with Crippen LogP contribution in [0.3, 0.4) is 0 Å². The zero-order valence-electron chi connectivity index (χ0n) is 6.37. The lowest BCUT2D eigenvalue weighted by Crippen LogP contribution is -2.10. The molecule has 1 aromatic carbocycles. The van der Waals surface area contributed by atoms with Gasteiger partial charge in [0.25, 0.3) is 0 Å². The van der Waals surface area contributed by atoms with E-state index < -0.39 is 0 Å². The molecule has 0 aliphatic rings. The second-order valence-corrected chi connectivity index (χ2v) is 2.22. The molecule has 1 rings (SSSR count). The Morgan fingerprint density at radius 3 is 2.83 bits per heavy atom. The number of rotatable bonds is 3. The molecule has 0 aliphatic carbocycles. The van der Waals surface area contributed by atoms with Gasteiger partial charge in [-0.15, -0.1) is 0 Å². The van der Waals surface area contributed by atoms with Crippen molar-refractivity contribution in [2.45, 2.75) is 6.54 Å². The van der Waals surface area contributed by atoms with Crippen molar-refractivity contribution in [1.29, 1.82) is 5.26 Å². The number of nitriles is 1. The SMILES string of the molecule is N#Cc1ccccc1CN[C]=O. The maximum atomic E-state index is 9.86. The van der Waals surface area contributed by atoms with E-state index in [1.54, 1.807) is 24.6 Å². The van der Waals surface area contributed by atoms with Crippen LogP contribution in [0.15, 0.2) is 24.3 Å². The van der Waals surface area contributed by atoms with E-state index in [2.05, 4.69) is 5.32 Å². The zero-order chi connectivity index (χ0) is 8.81. The minimum Gasteiger partial charge on any atom is -0.344 e. The Bertz CT molecular complexity index is 315. The molecule has 3 nitrogen and oxygen atoms in total. The number of carbonyl (C=O) groups excluding carboxylic acids is 1. The predicted octanol–water partition coefficient (Wildman–Crippen LogP) is 0.715. The third-order valence-electron chi connectivity index (χ3n) is 1.49. The van der Waals surface area contributed by atoms with Crippen molar-refractivity contribution in [1.82, 2.24) is 5.32 Å². The molecule has 59 valence electrons. The molecule has 1 radical (unpaired) electrons. The molecule has 0 unspecified atom stereocenters. The van der Waals surface area contributed by atoms with Crippen molar-refractivity contribution < 1.29 is 4.79 Å². The maximum Gasteiger partial charge on any atom is 0.309 e. The molecule has 1 aromatic rings. The lowest BCUT2D eigenvalue weighted by atomic mass is 10.1. The van der Waals surface area contributed by atoms with E-state index in [-0.39, 0.29) is 0 Å². The van der Waals surface area contributed by atoms with Crippen molar-refractivity contribution in [2.24, 2.45) is 0 Å². The third-order valence-corrected chi connectivity index (χ3v) is 1.49. The van der Waals surface area contributed by atoms with E-state index in [0.717, 1.165) is 5.56 Å². The number of nitrogens with zero attached hydrogens (tertiary/aromatic N) is 1. The molecule has 0 aromatic heterocycles. The second kappa shape index (κ2) is 4.14. The van der Waals surface area contributed by atoms with Gasteiger partial charge in [0.15, 0.2) is 0 Å². The van der Waals surface area contributed by atoms with E-state index in [4.69, 9.17) is 5.26 Å². The van der Waals surface area contributed by atoms with Gasteiger partial charge in [0.2, 0.25) is 0 Å². The number of amides is 1. The lowest BCUT2D eigenvalue weighted by Gasteiger charge is -2.00. The van der Waals surface area contributed by atoms with Gasteiger partial charge >= 0.3 is 6.41 Å². The van der Waals surface area contributed by atoms with Gasteiger partial charge in [0.1, 0.15) is 0 Å². The summed E-state index contributed by atoms with van der Waals surface area (Å²) in [5.41, 5.74) is 1.39. The molecule has 0 bridgehead atoms. The van der Waals surface area contributed by atoms with Crippen molar-refractivity contribution in [3.8, 4) is 6.07 Å². The van der Waals surface area contributed by atoms with Crippen LogP contribution in [0, 0.1) is 11.3 Å². The monoisotopic (exact) mass is 159 g/mol. The molecule has 0 saturated heterocycles. The molecule has 12 heavy (non-hydrogen) atoms. The van der Waals surface area contributed by atoms with Gasteiger partial charge in [0.05, 0.1) is 11.6 Å². The summed E-state index contributed by atoms with van der Waals surface area (Å²) >= 11 is 0. The van der Waals surface area contributed by atoms with E-state index in [1.165, 1.54) is 0 Å². The summed E-state index contributed by atoms with van der Waals surface area (Å²) in [5.74, 6) is 0. The minimum atomic E-state index is 0.354. The summed E-state index contributed by atoms with van der Waals surface area (Å²) in [5, 5.41) is 11.0. The standard InChI is InChI=1S/C9H7N2O/c10-5-8-3-1-2-4-9(8)6-11-7-12/h1-4H,6H2,(H,11,12). The lowest BCUT2D eigenvalue weighted by molar-refractivity contribution is 0.542. The molecular weight excluding hydrogens is 152 g/mol. The quantitative estimate of drug-likeness (QED) is 0.660. The minimum absolute atomic E-state index is 0.354. The van der Waals surface area contributed by atoms with Crippen molar-refractivity contribution in [2.75, 3.05) is 0 Å². The summed E-state index contributed by atoms with van der Waals surface area (Å²) in [6.07, 6.45) is 1.56. The van der Waals surface area contributed by atoms with Crippen LogP contribution in [-0.2, 0) is 11.3 Å². The summed E-state index contributed by atoms with van der Waals surface area (Å²) in [6, 6.07) is 9.15. The second-order valence-electron chi connectivity index (χ2n) is 2.22. The van der Waals surface area contributed by atoms with E-state index >= 15 is 0 Å². The summed E-state index contributed by atoms with van der Waals surface area (Å²) in [4.78, 5) is 9.86. The van der Waals surface area contributed by atoms with Gasteiger partial charge in [-0.25, -0.2) is 0 Å². The normalized spacial score (nSPS) is 8.58. The topological polar surface area (TPSA) is 52.9 Å². The van der Waals surface area contributed by atoms with Gasteiger partial charge in [-0.05, 0) is 11.6 Å². The van der Waals surface area contributed by atoms with Crippen LogP contribution in [0.2, 0.25) is 0 Å². The fraction of sp³-hybridized carbons (Fsp3) is 0.111. The Balaban J connectivity index is 2.83. The first-order valence-electron chi connectivity index (χ1n) is 3.46. The number of hydrogen-bond donors (Lipinski definition) is 1. The molecule has 0 saturated carbocycles. The first kappa shape index (κ1) is 8.28. The van der Waals surface area contributed by atoms with E-state index in [9.17, 15) is 4.79 Å². The zero-order valence-corrected chi connectivity index (χ0v) is 6.37. The average molecular weight is 159 g/mol. The number of nitrogens with one attached hydrogen (secondary N) is 1. The summed E-state index contributed by atoms with van der Waals surface area (Å²) in [6.45, 7) is 0.354. The van der Waals surface area contributed by atoms with Gasteiger partial charge < -0.3 is 5.32 Å².